The fraction of sp³-hybridized carbons (Fsp3) is 0.289. The summed E-state index contributed by atoms with van der Waals surface area (Å²) in [5, 5.41) is 19.1. The van der Waals surface area contributed by atoms with Gasteiger partial charge in [0.05, 0.1) is 78.2 Å². The van der Waals surface area contributed by atoms with Gasteiger partial charge in [0.2, 0.25) is 5.91 Å². The maximum absolute atomic E-state index is 14.0. The van der Waals surface area contributed by atoms with Crippen LogP contribution in [0.15, 0.2) is 101 Å². The summed E-state index contributed by atoms with van der Waals surface area (Å²) < 4.78 is 75.8. The van der Waals surface area contributed by atoms with Crippen molar-refractivity contribution in [2.45, 2.75) is 49.8 Å². The van der Waals surface area contributed by atoms with Gasteiger partial charge >= 0.3 is 17.9 Å². The number of nitrogens with one attached hydrogen (secondary N) is 2. The van der Waals surface area contributed by atoms with Crippen LogP contribution >= 0.6 is 0 Å². The van der Waals surface area contributed by atoms with E-state index in [1.807, 2.05) is 6.07 Å². The van der Waals surface area contributed by atoms with Crippen LogP contribution in [0.25, 0.3) is 22.8 Å². The molecule has 2 N–H and O–H groups in total. The lowest BCUT2D eigenvalue weighted by Crippen LogP contribution is -2.55. The van der Waals surface area contributed by atoms with Gasteiger partial charge in [-0.2, -0.15) is 23.5 Å². The van der Waals surface area contributed by atoms with Crippen molar-refractivity contribution < 1.29 is 40.2 Å². The fourth-order valence-corrected chi connectivity index (χ4v) is 6.72. The van der Waals surface area contributed by atoms with Crippen molar-refractivity contribution in [3.63, 3.8) is 0 Å². The summed E-state index contributed by atoms with van der Waals surface area (Å²) in [5.41, 5.74) is -0.587. The zero-order chi connectivity index (χ0) is 41.0. The van der Waals surface area contributed by atoms with E-state index in [2.05, 4.69) is 29.8 Å². The van der Waals surface area contributed by atoms with Crippen LogP contribution < -0.4 is 16.3 Å². The molecule has 18 heteroatoms. The van der Waals surface area contributed by atoms with Crippen molar-refractivity contribution in [2.75, 3.05) is 27.2 Å². The lowest BCUT2D eigenvalue weighted by Gasteiger charge is -2.37. The van der Waals surface area contributed by atoms with E-state index in [1.165, 1.54) is 61.1 Å². The Labute approximate surface area is 320 Å². The monoisotopic (exact) mass is 792 g/mol. The molecule has 14 nitrogen and oxygen atoms in total. The summed E-state index contributed by atoms with van der Waals surface area (Å²) in [6.07, 6.45) is -1.66. The summed E-state index contributed by atoms with van der Waals surface area (Å²) in [7, 11) is -0.00876. The largest absolute Gasteiger partial charge is 0.744 e. The topological polar surface area (TPSA) is 184 Å². The van der Waals surface area contributed by atoms with Gasteiger partial charge in [0.25, 0.3) is 0 Å². The van der Waals surface area contributed by atoms with Crippen LogP contribution in [-0.2, 0) is 21.1 Å². The molecular formula is C38H39F3N8O6S. The summed E-state index contributed by atoms with van der Waals surface area (Å²) >= 11 is 0. The standard InChI is InChI=1S/C32H33F3N8O3.C6H6O3S/c1-20(29(44)39-24-13-16-43(3,4)17-14-24)38-30(45)41-28(27-12-15-37-42(27)25-10-8-22(19-36)9-11-25)21(2)40(31(41)46)26-7-5-6-23(18-26)32(33,34)35;7-10(8,9)6-4-2-1-3-5-6/h5-12,15,18,20,24H,13-14,16-17H2,1-4H3,(H-,38,39,44,45);1-5H,(H,7,8,9)/t20-;/m0./s1. The number of likely N-dealkylation sites (tertiary alicyclic amines) is 1. The van der Waals surface area contributed by atoms with Crippen molar-refractivity contribution in [1.82, 2.24) is 29.5 Å². The number of hydrogen-bond acceptors (Lipinski definition) is 8. The SMILES string of the molecule is Cc1c(-c2ccnn2-c2ccc(C#N)cc2)n(C(=O)N[C@@H](C)C(=O)NC2CC[N+](C)(C)CC2)c(=O)n1-c1cccc(C(F)(F)F)c1.O=S(=O)([O-])c1ccccc1. The van der Waals surface area contributed by atoms with Crippen LogP contribution in [0.1, 0.15) is 36.6 Å². The number of nitrogens with zero attached hydrogens (tertiary/aromatic N) is 6. The molecule has 56 heavy (non-hydrogen) atoms. The van der Waals surface area contributed by atoms with Gasteiger partial charge in [-0.1, -0.05) is 24.3 Å². The van der Waals surface area contributed by atoms with E-state index in [9.17, 15) is 45.8 Å². The van der Waals surface area contributed by atoms with Crippen molar-refractivity contribution >= 4 is 22.1 Å². The molecule has 3 aromatic carbocycles. The number of piperidine rings is 1. The molecule has 0 aliphatic carbocycles. The van der Waals surface area contributed by atoms with E-state index in [0.29, 0.717) is 11.3 Å². The molecule has 0 unspecified atom stereocenters. The number of quaternary nitrogens is 1. The first-order valence-electron chi connectivity index (χ1n) is 17.3. The first kappa shape index (κ1) is 41.1. The minimum absolute atomic E-state index is 0.0534. The summed E-state index contributed by atoms with van der Waals surface area (Å²) in [4.78, 5) is 40.7. The van der Waals surface area contributed by atoms with Crippen LogP contribution in [0.3, 0.4) is 0 Å². The second kappa shape index (κ2) is 16.4. The predicted octanol–water partition coefficient (Wildman–Crippen LogP) is 4.58. The normalized spacial score (nSPS) is 14.8. The van der Waals surface area contributed by atoms with Crippen molar-refractivity contribution in [3.8, 4) is 28.8 Å². The molecule has 1 fully saturated rings. The number of alkyl halides is 3. The highest BCUT2D eigenvalue weighted by molar-refractivity contribution is 7.85. The fourth-order valence-electron chi connectivity index (χ4n) is 6.23. The van der Waals surface area contributed by atoms with Gasteiger partial charge in [0, 0.05) is 18.9 Å². The zero-order valence-electron chi connectivity index (χ0n) is 30.8. The molecule has 0 radical (unpaired) electrons. The second-order valence-electron chi connectivity index (χ2n) is 13.8. The first-order chi connectivity index (χ1) is 26.3. The molecule has 6 rings (SSSR count). The number of hydrogen-bond donors (Lipinski definition) is 2. The van der Waals surface area contributed by atoms with Crippen LogP contribution in [-0.4, -0.2) is 87.6 Å². The molecule has 1 aliphatic rings. The van der Waals surface area contributed by atoms with E-state index in [4.69, 9.17) is 0 Å². The molecule has 1 saturated heterocycles. The average Bonchev–Trinajstić information content (AvgIpc) is 3.73. The highest BCUT2D eigenvalue weighted by Crippen LogP contribution is 2.32. The van der Waals surface area contributed by atoms with Crippen LogP contribution in [0.2, 0.25) is 0 Å². The van der Waals surface area contributed by atoms with E-state index < -0.39 is 45.5 Å². The van der Waals surface area contributed by atoms with E-state index >= 15 is 0 Å². The number of benzene rings is 3. The number of carbonyl (C=O) groups is 2. The molecule has 0 spiro atoms. The molecule has 1 aliphatic heterocycles. The van der Waals surface area contributed by atoms with Gasteiger partial charge < -0.3 is 19.7 Å². The molecule has 2 aromatic heterocycles. The first-order valence-corrected chi connectivity index (χ1v) is 18.7. The summed E-state index contributed by atoms with van der Waals surface area (Å²) in [5.74, 6) is -0.420. The van der Waals surface area contributed by atoms with Crippen molar-refractivity contribution in [3.05, 3.63) is 118 Å². The average molecular weight is 793 g/mol. The summed E-state index contributed by atoms with van der Waals surface area (Å²) in [6, 6.07) is 19.4. The third-order valence-corrected chi connectivity index (χ3v) is 10.2. The number of rotatable bonds is 7. The third-order valence-electron chi connectivity index (χ3n) is 9.32. The highest BCUT2D eigenvalue weighted by atomic mass is 32.2. The molecule has 1 atom stereocenters. The van der Waals surface area contributed by atoms with E-state index in [0.717, 1.165) is 51.7 Å². The zero-order valence-corrected chi connectivity index (χ0v) is 31.6. The Kier molecular flexibility index (Phi) is 12.0. The number of nitriles is 1. The lowest BCUT2D eigenvalue weighted by atomic mass is 10.0. The molecule has 294 valence electrons. The Morgan fingerprint density at radius 2 is 1.62 bits per heavy atom. The molecule has 0 bridgehead atoms. The Hall–Kier alpha value is -6.03. The van der Waals surface area contributed by atoms with Gasteiger partial charge in [-0.15, -0.1) is 0 Å². The summed E-state index contributed by atoms with van der Waals surface area (Å²) in [6.45, 7) is 4.79. The van der Waals surface area contributed by atoms with Crippen molar-refractivity contribution in [1.29, 1.82) is 5.26 Å². The number of aromatic nitrogens is 4. The van der Waals surface area contributed by atoms with Crippen LogP contribution in [0.4, 0.5) is 18.0 Å². The number of carbonyl (C=O) groups excluding carboxylic acids is 2. The smallest absolute Gasteiger partial charge is 0.416 e. The van der Waals surface area contributed by atoms with Crippen LogP contribution in [0.5, 0.6) is 0 Å². The van der Waals surface area contributed by atoms with Gasteiger partial charge in [-0.3, -0.25) is 9.36 Å². The predicted molar refractivity (Wildman–Crippen MR) is 198 cm³/mol. The van der Waals surface area contributed by atoms with E-state index in [-0.39, 0.29) is 33.7 Å². The Balaban J connectivity index is 0.000000522. The van der Waals surface area contributed by atoms with Gasteiger partial charge in [-0.05, 0) is 74.5 Å². The number of imidazole rings is 1. The maximum atomic E-state index is 14.0. The lowest BCUT2D eigenvalue weighted by molar-refractivity contribution is -0.895. The van der Waals surface area contributed by atoms with Gasteiger partial charge in [-0.25, -0.2) is 27.3 Å². The molecule has 3 heterocycles. The third kappa shape index (κ3) is 9.42. The Morgan fingerprint density at radius 3 is 2.20 bits per heavy atom. The molecule has 0 saturated carbocycles. The number of amides is 2. The highest BCUT2D eigenvalue weighted by Gasteiger charge is 2.33. The minimum Gasteiger partial charge on any atom is -0.744 e. The Morgan fingerprint density at radius 1 is 0.982 bits per heavy atom. The van der Waals surface area contributed by atoms with Crippen molar-refractivity contribution in [2.24, 2.45) is 0 Å². The quantitative estimate of drug-likeness (QED) is 0.177. The molecule has 5 aromatic rings. The molecule has 2 amide bonds. The van der Waals surface area contributed by atoms with Crippen LogP contribution in [0, 0.1) is 18.3 Å². The number of halogens is 3. The van der Waals surface area contributed by atoms with Gasteiger partial charge in [0.1, 0.15) is 21.9 Å². The Bertz CT molecular complexity index is 2420. The van der Waals surface area contributed by atoms with E-state index in [1.54, 1.807) is 36.4 Å². The van der Waals surface area contributed by atoms with Gasteiger partial charge in [0.15, 0.2) is 0 Å². The maximum Gasteiger partial charge on any atom is 0.416 e. The minimum atomic E-state index is -4.67. The molecular weight excluding hydrogens is 754 g/mol. The second-order valence-corrected chi connectivity index (χ2v) is 15.2.